The number of furan rings is 1. The summed E-state index contributed by atoms with van der Waals surface area (Å²) in [6, 6.07) is 26.4. The highest BCUT2D eigenvalue weighted by atomic mass is 79.9. The van der Waals surface area contributed by atoms with Gasteiger partial charge in [-0.25, -0.2) is 5.43 Å². The molecule has 44 heavy (non-hydrogen) atoms. The number of aryl methyl sites for hydroxylation is 2. The van der Waals surface area contributed by atoms with Crippen LogP contribution in [-0.2, 0) is 13.2 Å². The fourth-order valence-electron chi connectivity index (χ4n) is 4.52. The quantitative estimate of drug-likeness (QED) is 0.106. The van der Waals surface area contributed by atoms with Crippen molar-refractivity contribution in [2.24, 2.45) is 5.10 Å². The summed E-state index contributed by atoms with van der Waals surface area (Å²) in [5.41, 5.74) is 7.43. The van der Waals surface area contributed by atoms with Crippen LogP contribution in [0.5, 0.6) is 17.2 Å². The molecule has 0 unspecified atom stereocenters. The van der Waals surface area contributed by atoms with Crippen LogP contribution in [0.1, 0.15) is 45.8 Å². The molecule has 1 N–H and O–H groups in total. The van der Waals surface area contributed by atoms with Gasteiger partial charge in [-0.15, -0.1) is 0 Å². The molecule has 2 aromatic heterocycles. The average molecular weight is 677 g/mol. The lowest BCUT2D eigenvalue weighted by Gasteiger charge is -2.14. The normalized spacial score (nSPS) is 11.1. The highest BCUT2D eigenvalue weighted by Gasteiger charge is 2.14. The Hall–Kier alpha value is -4.47. The van der Waals surface area contributed by atoms with Gasteiger partial charge in [0.05, 0.1) is 12.8 Å². The SMILES string of the molecule is CCOc1cc(/C=N/NC(=O)c2ccc(COc3ccc(-n4c(C)ccc4C)cc3)o2)c(Br)cc1OCc1ccccc1Cl. The van der Waals surface area contributed by atoms with Gasteiger partial charge in [0, 0.05) is 37.7 Å². The highest BCUT2D eigenvalue weighted by Crippen LogP contribution is 2.34. The number of carbonyl (C=O) groups excluding carboxylic acids is 1. The van der Waals surface area contributed by atoms with Crippen LogP contribution >= 0.6 is 27.5 Å². The van der Waals surface area contributed by atoms with E-state index in [-0.39, 0.29) is 19.0 Å². The molecule has 0 spiro atoms. The number of amides is 1. The lowest BCUT2D eigenvalue weighted by atomic mass is 10.2. The molecule has 0 saturated heterocycles. The average Bonchev–Trinajstić information content (AvgIpc) is 3.63. The van der Waals surface area contributed by atoms with E-state index in [4.69, 9.17) is 30.2 Å². The van der Waals surface area contributed by atoms with Crippen molar-refractivity contribution in [1.29, 1.82) is 0 Å². The molecule has 0 fully saturated rings. The molecule has 1 amide bonds. The number of nitrogens with zero attached hydrogens (tertiary/aromatic N) is 2. The predicted octanol–water partition coefficient (Wildman–Crippen LogP) is 8.42. The first-order valence-corrected chi connectivity index (χ1v) is 15.1. The van der Waals surface area contributed by atoms with E-state index in [2.05, 4.69) is 57.0 Å². The Morgan fingerprint density at radius 3 is 2.39 bits per heavy atom. The van der Waals surface area contributed by atoms with Crippen molar-refractivity contribution in [2.75, 3.05) is 6.61 Å². The van der Waals surface area contributed by atoms with Gasteiger partial charge in [-0.3, -0.25) is 4.79 Å². The van der Waals surface area contributed by atoms with E-state index in [0.29, 0.717) is 44.7 Å². The summed E-state index contributed by atoms with van der Waals surface area (Å²) >= 11 is 9.80. The highest BCUT2D eigenvalue weighted by molar-refractivity contribution is 9.10. The van der Waals surface area contributed by atoms with Gasteiger partial charge in [0.15, 0.2) is 17.3 Å². The number of carbonyl (C=O) groups is 1. The maximum absolute atomic E-state index is 12.7. The molecule has 8 nitrogen and oxygen atoms in total. The van der Waals surface area contributed by atoms with Crippen LogP contribution < -0.4 is 19.6 Å². The van der Waals surface area contributed by atoms with Gasteiger partial charge in [0.1, 0.15) is 24.7 Å². The number of halogens is 2. The van der Waals surface area contributed by atoms with Crippen molar-refractivity contribution in [3.8, 4) is 22.9 Å². The van der Waals surface area contributed by atoms with Crippen molar-refractivity contribution in [3.05, 3.63) is 128 Å². The minimum Gasteiger partial charge on any atom is -0.490 e. The molecular weight excluding hydrogens is 646 g/mol. The molecular formula is C34H31BrClN3O5. The number of hydrazone groups is 1. The molecule has 0 atom stereocenters. The zero-order chi connectivity index (χ0) is 31.1. The molecule has 0 saturated carbocycles. The number of hydrogen-bond acceptors (Lipinski definition) is 6. The molecule has 0 radical (unpaired) electrons. The van der Waals surface area contributed by atoms with Gasteiger partial charge in [-0.2, -0.15) is 5.10 Å². The maximum atomic E-state index is 12.7. The molecule has 0 aliphatic carbocycles. The molecule has 226 valence electrons. The largest absolute Gasteiger partial charge is 0.490 e. The van der Waals surface area contributed by atoms with Crippen LogP contribution in [0.25, 0.3) is 5.69 Å². The molecule has 10 heteroatoms. The summed E-state index contributed by atoms with van der Waals surface area (Å²) in [4.78, 5) is 12.7. The molecule has 5 aromatic rings. The first kappa shape index (κ1) is 31.0. The Morgan fingerprint density at radius 1 is 0.932 bits per heavy atom. The van der Waals surface area contributed by atoms with E-state index in [1.807, 2.05) is 55.5 Å². The number of benzene rings is 3. The molecule has 2 heterocycles. The first-order chi connectivity index (χ1) is 21.3. The van der Waals surface area contributed by atoms with Gasteiger partial charge >= 0.3 is 5.91 Å². The van der Waals surface area contributed by atoms with Crippen LogP contribution in [0.3, 0.4) is 0 Å². The van der Waals surface area contributed by atoms with E-state index in [1.54, 1.807) is 24.3 Å². The minimum absolute atomic E-state index is 0.118. The summed E-state index contributed by atoms with van der Waals surface area (Å²) in [7, 11) is 0. The lowest BCUT2D eigenvalue weighted by molar-refractivity contribution is 0.0923. The van der Waals surface area contributed by atoms with Crippen molar-refractivity contribution in [1.82, 2.24) is 9.99 Å². The monoisotopic (exact) mass is 675 g/mol. The molecule has 3 aromatic carbocycles. The third kappa shape index (κ3) is 7.53. The Balaban J connectivity index is 1.16. The zero-order valence-electron chi connectivity index (χ0n) is 24.5. The Labute approximate surface area is 269 Å². The fraction of sp³-hybridized carbons (Fsp3) is 0.176. The van der Waals surface area contributed by atoms with Gasteiger partial charge in [-0.1, -0.05) is 29.8 Å². The lowest BCUT2D eigenvalue weighted by Crippen LogP contribution is -2.16. The van der Waals surface area contributed by atoms with Gasteiger partial charge in [0.25, 0.3) is 0 Å². The second kappa shape index (κ2) is 14.3. The fourth-order valence-corrected chi connectivity index (χ4v) is 5.13. The van der Waals surface area contributed by atoms with Crippen LogP contribution in [0, 0.1) is 13.8 Å². The second-order valence-corrected chi connectivity index (χ2v) is 11.1. The number of aromatic nitrogens is 1. The van der Waals surface area contributed by atoms with E-state index in [9.17, 15) is 4.79 Å². The van der Waals surface area contributed by atoms with Crippen molar-refractivity contribution in [3.63, 3.8) is 0 Å². The smallest absolute Gasteiger partial charge is 0.307 e. The number of nitrogens with one attached hydrogen (secondary N) is 1. The summed E-state index contributed by atoms with van der Waals surface area (Å²) < 4.78 is 26.2. The zero-order valence-corrected chi connectivity index (χ0v) is 26.8. The molecule has 5 rings (SSSR count). The maximum Gasteiger partial charge on any atom is 0.307 e. The van der Waals surface area contributed by atoms with E-state index in [0.717, 1.165) is 22.6 Å². The first-order valence-electron chi connectivity index (χ1n) is 13.9. The summed E-state index contributed by atoms with van der Waals surface area (Å²) in [6.45, 7) is 6.94. The number of ether oxygens (including phenoxy) is 3. The van der Waals surface area contributed by atoms with Gasteiger partial charge < -0.3 is 23.2 Å². The van der Waals surface area contributed by atoms with Crippen LogP contribution in [0.2, 0.25) is 5.02 Å². The van der Waals surface area contributed by atoms with E-state index < -0.39 is 5.91 Å². The predicted molar refractivity (Wildman–Crippen MR) is 174 cm³/mol. The third-order valence-corrected chi connectivity index (χ3v) is 7.76. The third-order valence-electron chi connectivity index (χ3n) is 6.71. The Morgan fingerprint density at radius 2 is 1.66 bits per heavy atom. The summed E-state index contributed by atoms with van der Waals surface area (Å²) in [6.07, 6.45) is 1.51. The molecule has 0 aliphatic heterocycles. The summed E-state index contributed by atoms with van der Waals surface area (Å²) in [5.74, 6) is 1.92. The van der Waals surface area contributed by atoms with E-state index >= 15 is 0 Å². The Bertz CT molecular complexity index is 1760. The number of hydrogen-bond donors (Lipinski definition) is 1. The second-order valence-electron chi connectivity index (χ2n) is 9.83. The topological polar surface area (TPSA) is 87.2 Å². The molecule has 0 aliphatic rings. The van der Waals surface area contributed by atoms with Crippen molar-refractivity contribution in [2.45, 2.75) is 34.0 Å². The minimum atomic E-state index is -0.491. The van der Waals surface area contributed by atoms with E-state index in [1.165, 1.54) is 6.21 Å². The standard InChI is InChI=1S/C34H31BrClN3O5/c1-4-41-32-17-25(29(35)18-33(32)43-20-24-7-5-6-8-30(24)36)19-37-38-34(40)31-16-15-28(44-31)21-42-27-13-11-26(12-14-27)39-22(2)9-10-23(39)3/h5-19H,4,20-21H2,1-3H3,(H,38,40)/b37-19+. The number of rotatable bonds is 12. The molecule has 0 bridgehead atoms. The van der Waals surface area contributed by atoms with Crippen LogP contribution in [-0.4, -0.2) is 23.3 Å². The van der Waals surface area contributed by atoms with Gasteiger partial charge in [-0.05, 0) is 103 Å². The van der Waals surface area contributed by atoms with Crippen molar-refractivity contribution >= 4 is 39.7 Å². The van der Waals surface area contributed by atoms with Crippen LogP contribution in [0.4, 0.5) is 0 Å². The van der Waals surface area contributed by atoms with Gasteiger partial charge in [0.2, 0.25) is 0 Å². The Kier molecular flexibility index (Phi) is 10.1. The van der Waals surface area contributed by atoms with Crippen LogP contribution in [0.15, 0.2) is 98.9 Å². The summed E-state index contributed by atoms with van der Waals surface area (Å²) in [5, 5.41) is 4.73. The van der Waals surface area contributed by atoms with Crippen molar-refractivity contribution < 1.29 is 23.4 Å².